The first-order valence-corrected chi connectivity index (χ1v) is 10.1. The van der Waals surface area contributed by atoms with E-state index >= 15 is 0 Å². The smallest absolute Gasteiger partial charge is 0.239 e. The van der Waals surface area contributed by atoms with Crippen LogP contribution in [0.4, 0.5) is 0 Å². The number of nitrogens with one attached hydrogen (secondary N) is 2. The number of thioether (sulfide) groups is 1. The quantitative estimate of drug-likeness (QED) is 0.674. The molecular weight excluding hydrogens is 326 g/mol. The summed E-state index contributed by atoms with van der Waals surface area (Å²) in [6, 6.07) is 0. The van der Waals surface area contributed by atoms with Gasteiger partial charge in [-0.25, -0.2) is 0 Å². The van der Waals surface area contributed by atoms with E-state index in [9.17, 15) is 9.59 Å². The summed E-state index contributed by atoms with van der Waals surface area (Å²) < 4.78 is 5.45. The highest BCUT2D eigenvalue weighted by Crippen LogP contribution is 2.33. The number of hydrogen-bond donors (Lipinski definition) is 2. The Morgan fingerprint density at radius 3 is 2.58 bits per heavy atom. The molecule has 0 radical (unpaired) electrons. The Morgan fingerprint density at radius 2 is 1.96 bits per heavy atom. The lowest BCUT2D eigenvalue weighted by atomic mass is 9.95. The number of ether oxygens (including phenoxy) is 1. The third-order valence-electron chi connectivity index (χ3n) is 4.77. The second kappa shape index (κ2) is 9.63. The van der Waals surface area contributed by atoms with Gasteiger partial charge in [0.2, 0.25) is 11.8 Å². The molecule has 6 nitrogen and oxygen atoms in total. The summed E-state index contributed by atoms with van der Waals surface area (Å²) in [5.41, 5.74) is 0.0474. The molecular formula is C17H31N3O3S. The highest BCUT2D eigenvalue weighted by Gasteiger charge is 2.40. The van der Waals surface area contributed by atoms with E-state index < -0.39 is 0 Å². The first-order chi connectivity index (χ1) is 11.5. The van der Waals surface area contributed by atoms with Gasteiger partial charge in [-0.15, -0.1) is 0 Å². The molecule has 0 aliphatic carbocycles. The SMILES string of the molecule is CC(C)CCC(=O)NCC(=O)NCC1(N2CCOCC2)CCSC1. The summed E-state index contributed by atoms with van der Waals surface area (Å²) in [5.74, 6) is 2.54. The van der Waals surface area contributed by atoms with Crippen molar-refractivity contribution in [1.82, 2.24) is 15.5 Å². The van der Waals surface area contributed by atoms with Crippen molar-refractivity contribution >= 4 is 23.6 Å². The summed E-state index contributed by atoms with van der Waals surface area (Å²) in [5, 5.41) is 5.75. The van der Waals surface area contributed by atoms with E-state index in [-0.39, 0.29) is 23.9 Å². The molecule has 2 rings (SSSR count). The minimum atomic E-state index is -0.0996. The molecule has 2 fully saturated rings. The van der Waals surface area contributed by atoms with E-state index in [1.165, 1.54) is 0 Å². The first kappa shape index (κ1) is 19.5. The second-order valence-corrected chi connectivity index (χ2v) is 8.22. The molecule has 2 amide bonds. The maximum atomic E-state index is 12.1. The third kappa shape index (κ3) is 5.93. The Labute approximate surface area is 149 Å². The zero-order chi connectivity index (χ0) is 17.4. The van der Waals surface area contributed by atoms with E-state index in [4.69, 9.17) is 4.74 Å². The summed E-state index contributed by atoms with van der Waals surface area (Å²) >= 11 is 1.95. The van der Waals surface area contributed by atoms with Crippen molar-refractivity contribution in [2.45, 2.75) is 38.6 Å². The van der Waals surface area contributed by atoms with Crippen LogP contribution in [0.25, 0.3) is 0 Å². The topological polar surface area (TPSA) is 70.7 Å². The lowest BCUT2D eigenvalue weighted by molar-refractivity contribution is -0.126. The van der Waals surface area contributed by atoms with Crippen LogP contribution in [0.2, 0.25) is 0 Å². The maximum Gasteiger partial charge on any atom is 0.239 e. The van der Waals surface area contributed by atoms with Crippen molar-refractivity contribution in [3.05, 3.63) is 0 Å². The zero-order valence-corrected chi connectivity index (χ0v) is 15.8. The van der Waals surface area contributed by atoms with Gasteiger partial charge in [0.15, 0.2) is 0 Å². The fourth-order valence-electron chi connectivity index (χ4n) is 3.15. The minimum absolute atomic E-state index is 0.0434. The molecule has 2 N–H and O–H groups in total. The van der Waals surface area contributed by atoms with Crippen LogP contribution in [0.3, 0.4) is 0 Å². The van der Waals surface area contributed by atoms with Gasteiger partial charge in [0, 0.05) is 37.3 Å². The number of morpholine rings is 1. The van der Waals surface area contributed by atoms with E-state index in [0.717, 1.165) is 50.7 Å². The van der Waals surface area contributed by atoms with Gasteiger partial charge in [0.05, 0.1) is 19.8 Å². The van der Waals surface area contributed by atoms with Gasteiger partial charge in [-0.2, -0.15) is 11.8 Å². The number of amides is 2. The molecule has 138 valence electrons. The highest BCUT2D eigenvalue weighted by molar-refractivity contribution is 7.99. The molecule has 0 aromatic carbocycles. The fraction of sp³-hybridized carbons (Fsp3) is 0.882. The Hall–Kier alpha value is -0.790. The van der Waals surface area contributed by atoms with Gasteiger partial charge in [0.1, 0.15) is 0 Å². The van der Waals surface area contributed by atoms with Crippen LogP contribution >= 0.6 is 11.8 Å². The summed E-state index contributed by atoms with van der Waals surface area (Å²) in [6.45, 7) is 8.31. The van der Waals surface area contributed by atoms with Gasteiger partial charge in [-0.1, -0.05) is 13.8 Å². The highest BCUT2D eigenvalue weighted by atomic mass is 32.2. The molecule has 0 saturated carbocycles. The normalized spacial score (nSPS) is 25.0. The van der Waals surface area contributed by atoms with Gasteiger partial charge < -0.3 is 15.4 Å². The number of hydrogen-bond acceptors (Lipinski definition) is 5. The van der Waals surface area contributed by atoms with Crippen molar-refractivity contribution in [1.29, 1.82) is 0 Å². The molecule has 0 aromatic heterocycles. The van der Waals surface area contributed by atoms with Crippen molar-refractivity contribution in [3.63, 3.8) is 0 Å². The van der Waals surface area contributed by atoms with E-state index in [0.29, 0.717) is 18.9 Å². The van der Waals surface area contributed by atoms with Crippen molar-refractivity contribution in [2.24, 2.45) is 5.92 Å². The monoisotopic (exact) mass is 357 g/mol. The molecule has 2 aliphatic heterocycles. The van der Waals surface area contributed by atoms with Crippen LogP contribution in [0.15, 0.2) is 0 Å². The van der Waals surface area contributed by atoms with E-state index in [2.05, 4.69) is 29.4 Å². The minimum Gasteiger partial charge on any atom is -0.379 e. The van der Waals surface area contributed by atoms with Crippen LogP contribution in [0.1, 0.15) is 33.1 Å². The Kier molecular flexibility index (Phi) is 7.84. The average Bonchev–Trinajstić information content (AvgIpc) is 3.07. The van der Waals surface area contributed by atoms with E-state index in [1.54, 1.807) is 0 Å². The van der Waals surface area contributed by atoms with Gasteiger partial charge in [-0.3, -0.25) is 14.5 Å². The van der Waals surface area contributed by atoms with Crippen LogP contribution < -0.4 is 10.6 Å². The van der Waals surface area contributed by atoms with Crippen LogP contribution in [-0.4, -0.2) is 73.2 Å². The molecule has 2 saturated heterocycles. The molecule has 0 bridgehead atoms. The molecule has 2 aliphatic rings. The van der Waals surface area contributed by atoms with Crippen molar-refractivity contribution in [3.8, 4) is 0 Å². The Balaban J connectivity index is 1.73. The second-order valence-electron chi connectivity index (χ2n) is 7.11. The average molecular weight is 358 g/mol. The predicted molar refractivity (Wildman–Crippen MR) is 97.2 cm³/mol. The van der Waals surface area contributed by atoms with Gasteiger partial charge >= 0.3 is 0 Å². The molecule has 7 heteroatoms. The number of carbonyl (C=O) groups excluding carboxylic acids is 2. The van der Waals surface area contributed by atoms with Gasteiger partial charge in [-0.05, 0) is 24.5 Å². The third-order valence-corrected chi connectivity index (χ3v) is 6.01. The van der Waals surface area contributed by atoms with Crippen LogP contribution in [-0.2, 0) is 14.3 Å². The molecule has 0 aromatic rings. The molecule has 24 heavy (non-hydrogen) atoms. The summed E-state index contributed by atoms with van der Waals surface area (Å²) in [7, 11) is 0. The molecule has 1 unspecified atom stereocenters. The lowest BCUT2D eigenvalue weighted by Gasteiger charge is -2.43. The first-order valence-electron chi connectivity index (χ1n) is 8.96. The zero-order valence-electron chi connectivity index (χ0n) is 14.9. The number of carbonyl (C=O) groups is 2. The maximum absolute atomic E-state index is 12.1. The predicted octanol–water partition coefficient (Wildman–Crippen LogP) is 0.863. The molecule has 2 heterocycles. The standard InChI is InChI=1S/C17H31N3O3S/c1-14(2)3-4-15(21)18-11-16(22)19-12-17(5-10-24-13-17)20-6-8-23-9-7-20/h14H,3-13H2,1-2H3,(H,18,21)(H,19,22). The number of nitrogens with zero attached hydrogens (tertiary/aromatic N) is 1. The van der Waals surface area contributed by atoms with Gasteiger partial charge in [0.25, 0.3) is 0 Å². The lowest BCUT2D eigenvalue weighted by Crippen LogP contribution is -2.59. The Morgan fingerprint density at radius 1 is 1.21 bits per heavy atom. The van der Waals surface area contributed by atoms with Crippen molar-refractivity contribution in [2.75, 3.05) is 50.9 Å². The molecule has 1 atom stereocenters. The van der Waals surface area contributed by atoms with Crippen LogP contribution in [0, 0.1) is 5.92 Å². The largest absolute Gasteiger partial charge is 0.379 e. The summed E-state index contributed by atoms with van der Waals surface area (Å²) in [6.07, 6.45) is 2.43. The van der Waals surface area contributed by atoms with Crippen LogP contribution in [0.5, 0.6) is 0 Å². The molecule has 0 spiro atoms. The fourth-order valence-corrected chi connectivity index (χ4v) is 4.62. The summed E-state index contributed by atoms with van der Waals surface area (Å²) in [4.78, 5) is 26.3. The Bertz CT molecular complexity index is 419. The van der Waals surface area contributed by atoms with Crippen molar-refractivity contribution < 1.29 is 14.3 Å². The van der Waals surface area contributed by atoms with E-state index in [1.807, 2.05) is 11.8 Å². The number of rotatable bonds is 8.